The predicted octanol–water partition coefficient (Wildman–Crippen LogP) is 6.64. The number of methoxy groups -OCH3 is 1. The zero-order valence-electron chi connectivity index (χ0n) is 14.7. The van der Waals surface area contributed by atoms with Crippen molar-refractivity contribution in [1.82, 2.24) is 4.98 Å². The first kappa shape index (κ1) is 18.9. The molecule has 0 radical (unpaired) electrons. The molecule has 0 unspecified atom stereocenters. The first-order valence-corrected chi connectivity index (χ1v) is 10.3. The number of hydrogen-bond donors (Lipinski definition) is 1. The summed E-state index contributed by atoms with van der Waals surface area (Å²) in [5.41, 5.74) is 2.92. The summed E-state index contributed by atoms with van der Waals surface area (Å²) in [6, 6.07) is 18.6. The number of halogens is 2. The van der Waals surface area contributed by atoms with Crippen LogP contribution in [0.1, 0.15) is 10.4 Å². The van der Waals surface area contributed by atoms with E-state index < -0.39 is 0 Å². The topological polar surface area (TPSA) is 51.2 Å². The number of nitrogens with zero attached hydrogens (tertiary/aromatic N) is 1. The quantitative estimate of drug-likeness (QED) is 0.361. The molecule has 7 heteroatoms. The van der Waals surface area contributed by atoms with Crippen LogP contribution in [0.25, 0.3) is 20.8 Å². The fourth-order valence-electron chi connectivity index (χ4n) is 2.76. The van der Waals surface area contributed by atoms with Crippen molar-refractivity contribution in [2.24, 2.45) is 0 Å². The predicted molar refractivity (Wildman–Crippen MR) is 119 cm³/mol. The third kappa shape index (κ3) is 3.76. The molecule has 0 atom stereocenters. The van der Waals surface area contributed by atoms with E-state index in [9.17, 15) is 4.79 Å². The van der Waals surface area contributed by atoms with Gasteiger partial charge in [-0.15, -0.1) is 11.3 Å². The molecule has 0 spiro atoms. The van der Waals surface area contributed by atoms with E-state index in [-0.39, 0.29) is 5.91 Å². The summed E-state index contributed by atoms with van der Waals surface area (Å²) >= 11 is 11.5. The number of aromatic nitrogens is 1. The van der Waals surface area contributed by atoms with Crippen molar-refractivity contribution in [2.75, 3.05) is 12.4 Å². The molecular formula is C21H14BrClN2O2S. The molecule has 4 nitrogen and oxygen atoms in total. The van der Waals surface area contributed by atoms with E-state index in [4.69, 9.17) is 16.3 Å². The number of carbonyl (C=O) groups is 1. The van der Waals surface area contributed by atoms with Gasteiger partial charge in [0.15, 0.2) is 0 Å². The van der Waals surface area contributed by atoms with Crippen LogP contribution in [-0.2, 0) is 0 Å². The lowest BCUT2D eigenvalue weighted by molar-refractivity contribution is 0.102. The number of nitrogens with one attached hydrogen (secondary N) is 1. The molecule has 1 aromatic heterocycles. The summed E-state index contributed by atoms with van der Waals surface area (Å²) in [7, 11) is 1.58. The highest BCUT2D eigenvalue weighted by Gasteiger charge is 2.13. The summed E-state index contributed by atoms with van der Waals surface area (Å²) in [5, 5.41) is 4.25. The Morgan fingerprint density at radius 1 is 1.14 bits per heavy atom. The summed E-state index contributed by atoms with van der Waals surface area (Å²) in [6.45, 7) is 0. The summed E-state index contributed by atoms with van der Waals surface area (Å²) in [5.74, 6) is 0.437. The lowest BCUT2D eigenvalue weighted by Crippen LogP contribution is -2.12. The normalized spacial score (nSPS) is 10.8. The van der Waals surface area contributed by atoms with Crippen molar-refractivity contribution in [3.8, 4) is 16.3 Å². The van der Waals surface area contributed by atoms with Crippen LogP contribution in [0.5, 0.6) is 5.75 Å². The van der Waals surface area contributed by atoms with Crippen molar-refractivity contribution >= 4 is 60.7 Å². The Morgan fingerprint density at radius 3 is 2.68 bits per heavy atom. The minimum absolute atomic E-state index is 0.229. The Morgan fingerprint density at radius 2 is 1.96 bits per heavy atom. The highest BCUT2D eigenvalue weighted by Crippen LogP contribution is 2.35. The summed E-state index contributed by atoms with van der Waals surface area (Å²) in [6.07, 6.45) is 0. The van der Waals surface area contributed by atoms with Crippen LogP contribution in [0.15, 0.2) is 65.1 Å². The molecule has 0 saturated heterocycles. The van der Waals surface area contributed by atoms with Crippen LogP contribution in [0.3, 0.4) is 0 Å². The number of carbonyl (C=O) groups excluding carboxylic acids is 1. The van der Waals surface area contributed by atoms with Gasteiger partial charge in [-0.3, -0.25) is 4.79 Å². The highest BCUT2D eigenvalue weighted by molar-refractivity contribution is 9.10. The Labute approximate surface area is 179 Å². The van der Waals surface area contributed by atoms with Gasteiger partial charge in [-0.2, -0.15) is 0 Å². The van der Waals surface area contributed by atoms with E-state index in [1.54, 1.807) is 42.7 Å². The van der Waals surface area contributed by atoms with Crippen molar-refractivity contribution < 1.29 is 9.53 Å². The summed E-state index contributed by atoms with van der Waals surface area (Å²) in [4.78, 5) is 17.2. The number of benzene rings is 3. The minimum atomic E-state index is -0.229. The number of rotatable bonds is 4. The SMILES string of the molecule is COc1ccc(C(=O)Nc2ccc(-c3nc4ccccc4s3)c(Cl)c2)cc1Br. The third-order valence-electron chi connectivity index (χ3n) is 4.17. The van der Waals surface area contributed by atoms with Gasteiger partial charge in [-0.05, 0) is 64.5 Å². The molecule has 4 rings (SSSR count). The molecular weight excluding hydrogens is 460 g/mol. The maximum absolute atomic E-state index is 12.5. The van der Waals surface area contributed by atoms with Gasteiger partial charge < -0.3 is 10.1 Å². The molecule has 0 bridgehead atoms. The van der Waals surface area contributed by atoms with Gasteiger partial charge in [0.25, 0.3) is 5.91 Å². The Hall–Kier alpha value is -2.41. The number of para-hydroxylation sites is 1. The minimum Gasteiger partial charge on any atom is -0.496 e. The molecule has 140 valence electrons. The van der Waals surface area contributed by atoms with E-state index in [1.165, 1.54) is 0 Å². The zero-order chi connectivity index (χ0) is 19.7. The van der Waals surface area contributed by atoms with E-state index in [2.05, 4.69) is 26.2 Å². The van der Waals surface area contributed by atoms with E-state index in [1.807, 2.05) is 36.4 Å². The van der Waals surface area contributed by atoms with Crippen molar-refractivity contribution in [2.45, 2.75) is 0 Å². The molecule has 1 amide bonds. The fraction of sp³-hybridized carbons (Fsp3) is 0.0476. The van der Waals surface area contributed by atoms with Crippen molar-refractivity contribution in [3.63, 3.8) is 0 Å². The summed E-state index contributed by atoms with van der Waals surface area (Å²) < 4.78 is 7.01. The van der Waals surface area contributed by atoms with Crippen LogP contribution in [0.4, 0.5) is 5.69 Å². The first-order valence-electron chi connectivity index (χ1n) is 8.35. The van der Waals surface area contributed by atoms with Crippen LogP contribution in [0, 0.1) is 0 Å². The molecule has 4 aromatic rings. The van der Waals surface area contributed by atoms with Crippen LogP contribution >= 0.6 is 38.9 Å². The monoisotopic (exact) mass is 472 g/mol. The largest absolute Gasteiger partial charge is 0.496 e. The van der Waals surface area contributed by atoms with Gasteiger partial charge in [0.05, 0.1) is 26.8 Å². The molecule has 1 heterocycles. The second-order valence-corrected chi connectivity index (χ2v) is 8.28. The van der Waals surface area contributed by atoms with Crippen molar-refractivity contribution in [1.29, 1.82) is 0 Å². The molecule has 0 aliphatic rings. The number of fused-ring (bicyclic) bond motifs is 1. The average molecular weight is 474 g/mol. The molecule has 0 fully saturated rings. The molecule has 28 heavy (non-hydrogen) atoms. The highest BCUT2D eigenvalue weighted by atomic mass is 79.9. The maximum atomic E-state index is 12.5. The van der Waals surface area contributed by atoms with Gasteiger partial charge in [-0.1, -0.05) is 23.7 Å². The second-order valence-electron chi connectivity index (χ2n) is 5.98. The number of amides is 1. The van der Waals surface area contributed by atoms with E-state index >= 15 is 0 Å². The maximum Gasteiger partial charge on any atom is 0.255 e. The Balaban J connectivity index is 1.57. The smallest absolute Gasteiger partial charge is 0.255 e. The molecule has 1 N–H and O–H groups in total. The standard InChI is InChI=1S/C21H14BrClN2O2S/c1-27-18-9-6-12(10-15(18)22)20(26)24-13-7-8-14(16(23)11-13)21-25-17-4-2-3-5-19(17)28-21/h2-11H,1H3,(H,24,26). The lowest BCUT2D eigenvalue weighted by Gasteiger charge is -2.09. The van der Waals surface area contributed by atoms with Gasteiger partial charge in [0.2, 0.25) is 0 Å². The lowest BCUT2D eigenvalue weighted by atomic mass is 10.1. The average Bonchev–Trinajstić information content (AvgIpc) is 3.11. The fourth-order valence-corrected chi connectivity index (χ4v) is 4.64. The number of ether oxygens (including phenoxy) is 1. The molecule has 0 saturated carbocycles. The number of anilines is 1. The van der Waals surface area contributed by atoms with Gasteiger partial charge in [0.1, 0.15) is 10.8 Å². The van der Waals surface area contributed by atoms with E-state index in [0.29, 0.717) is 26.5 Å². The van der Waals surface area contributed by atoms with E-state index in [0.717, 1.165) is 20.8 Å². The van der Waals surface area contributed by atoms with Gasteiger partial charge >= 0.3 is 0 Å². The van der Waals surface area contributed by atoms with Crippen LogP contribution in [-0.4, -0.2) is 18.0 Å². The molecule has 0 aliphatic carbocycles. The van der Waals surface area contributed by atoms with Crippen LogP contribution < -0.4 is 10.1 Å². The Kier molecular flexibility index (Phi) is 5.35. The second kappa shape index (κ2) is 7.91. The molecule has 3 aromatic carbocycles. The zero-order valence-corrected chi connectivity index (χ0v) is 17.9. The first-order chi connectivity index (χ1) is 13.5. The van der Waals surface area contributed by atoms with Gasteiger partial charge in [-0.25, -0.2) is 4.98 Å². The molecule has 0 aliphatic heterocycles. The Bertz CT molecular complexity index is 1160. The third-order valence-corrected chi connectivity index (χ3v) is 6.17. The van der Waals surface area contributed by atoms with Crippen LogP contribution in [0.2, 0.25) is 5.02 Å². The number of thiazole rings is 1. The van der Waals surface area contributed by atoms with Crippen molar-refractivity contribution in [3.05, 3.63) is 75.7 Å². The van der Waals surface area contributed by atoms with Gasteiger partial charge in [0, 0.05) is 16.8 Å². The number of hydrogen-bond acceptors (Lipinski definition) is 4.